The Morgan fingerprint density at radius 3 is 2.82 bits per heavy atom. The Morgan fingerprint density at radius 1 is 1.59 bits per heavy atom. The van der Waals surface area contributed by atoms with E-state index in [1.54, 1.807) is 0 Å². The molecule has 1 aromatic heterocycles. The molecule has 2 unspecified atom stereocenters. The van der Waals surface area contributed by atoms with E-state index >= 15 is 0 Å². The summed E-state index contributed by atoms with van der Waals surface area (Å²) in [6.07, 6.45) is -1.31. The highest BCUT2D eigenvalue weighted by molar-refractivity contribution is 5.23. The summed E-state index contributed by atoms with van der Waals surface area (Å²) >= 11 is 0. The normalized spacial score (nSPS) is 32.9. The summed E-state index contributed by atoms with van der Waals surface area (Å²) < 4.78 is 6.44. The minimum absolute atomic E-state index is 0.0945. The van der Waals surface area contributed by atoms with Gasteiger partial charge in [-0.1, -0.05) is 0 Å². The van der Waals surface area contributed by atoms with Crippen LogP contribution in [0.5, 0.6) is 0 Å². The van der Waals surface area contributed by atoms with E-state index in [1.165, 1.54) is 12.3 Å². The minimum atomic E-state index is -1.03. The van der Waals surface area contributed by atoms with Crippen LogP contribution in [0.2, 0.25) is 0 Å². The van der Waals surface area contributed by atoms with Crippen LogP contribution in [0.1, 0.15) is 6.23 Å². The largest absolute Gasteiger partial charge is 0.394 e. The average Bonchev–Trinajstić information content (AvgIpc) is 2.57. The lowest BCUT2D eigenvalue weighted by atomic mass is 10.1. The highest BCUT2D eigenvalue weighted by Crippen LogP contribution is 2.26. The van der Waals surface area contributed by atoms with Gasteiger partial charge in [-0.25, -0.2) is 4.79 Å². The summed E-state index contributed by atoms with van der Waals surface area (Å²) in [4.78, 5) is 15.1. The number of nitrogen functional groups attached to an aromatic ring is 1. The Morgan fingerprint density at radius 2 is 2.29 bits per heavy atom. The zero-order chi connectivity index (χ0) is 12.6. The Balaban J connectivity index is 2.32. The summed E-state index contributed by atoms with van der Waals surface area (Å²) in [7, 11) is 0. The molecule has 0 bridgehead atoms. The zero-order valence-electron chi connectivity index (χ0n) is 8.93. The molecule has 1 aliphatic rings. The van der Waals surface area contributed by atoms with E-state index in [-0.39, 0.29) is 12.4 Å². The molecule has 0 radical (unpaired) electrons. The number of anilines is 1. The summed E-state index contributed by atoms with van der Waals surface area (Å²) in [6.45, 7) is -0.373. The minimum Gasteiger partial charge on any atom is -0.394 e. The number of ether oxygens (including phenoxy) is 1. The highest BCUT2D eigenvalue weighted by Gasteiger charge is 2.42. The molecule has 0 amide bonds. The first-order valence-electron chi connectivity index (χ1n) is 5.09. The lowest BCUT2D eigenvalue weighted by molar-refractivity contribution is -0.0464. The van der Waals surface area contributed by atoms with E-state index < -0.39 is 30.2 Å². The first kappa shape index (κ1) is 12.0. The molecule has 1 saturated heterocycles. The topological polar surface area (TPSA) is 137 Å². The SMILES string of the molecule is Nc1ccn([C@@H]2O[C@H](CO)C(O)C2N)c(=O)n1. The van der Waals surface area contributed by atoms with Crippen LogP contribution in [-0.2, 0) is 4.74 Å². The van der Waals surface area contributed by atoms with Crippen molar-refractivity contribution in [2.75, 3.05) is 12.3 Å². The third kappa shape index (κ3) is 2.03. The van der Waals surface area contributed by atoms with E-state index in [0.717, 1.165) is 4.57 Å². The fourth-order valence-corrected chi connectivity index (χ4v) is 1.79. The first-order chi connectivity index (χ1) is 8.04. The Hall–Kier alpha value is -1.48. The Bertz CT molecular complexity index is 463. The van der Waals surface area contributed by atoms with Gasteiger partial charge in [0.05, 0.1) is 12.6 Å². The average molecular weight is 242 g/mol. The fraction of sp³-hybridized carbons (Fsp3) is 0.556. The summed E-state index contributed by atoms with van der Waals surface area (Å²) in [6, 6.07) is 0.617. The third-order valence-corrected chi connectivity index (χ3v) is 2.72. The van der Waals surface area contributed by atoms with Gasteiger partial charge in [-0.15, -0.1) is 0 Å². The van der Waals surface area contributed by atoms with Crippen molar-refractivity contribution in [1.29, 1.82) is 0 Å². The number of aliphatic hydroxyl groups excluding tert-OH is 2. The molecule has 0 aromatic carbocycles. The molecule has 6 N–H and O–H groups in total. The van der Waals surface area contributed by atoms with Gasteiger partial charge >= 0.3 is 5.69 Å². The van der Waals surface area contributed by atoms with E-state index in [9.17, 15) is 9.90 Å². The van der Waals surface area contributed by atoms with Gasteiger partial charge in [0, 0.05) is 6.20 Å². The smallest absolute Gasteiger partial charge is 0.351 e. The van der Waals surface area contributed by atoms with Gasteiger partial charge in [0.25, 0.3) is 0 Å². The van der Waals surface area contributed by atoms with Crippen molar-refractivity contribution >= 4 is 5.82 Å². The lowest BCUT2D eigenvalue weighted by Gasteiger charge is -2.17. The molecule has 8 heteroatoms. The van der Waals surface area contributed by atoms with Gasteiger partial charge in [-0.2, -0.15) is 4.98 Å². The van der Waals surface area contributed by atoms with E-state index in [0.29, 0.717) is 0 Å². The molecule has 1 aromatic rings. The van der Waals surface area contributed by atoms with Crippen molar-refractivity contribution in [3.63, 3.8) is 0 Å². The molecule has 8 nitrogen and oxygen atoms in total. The molecule has 1 aliphatic heterocycles. The van der Waals surface area contributed by atoms with E-state index in [2.05, 4.69) is 4.98 Å². The predicted octanol–water partition coefficient (Wildman–Crippen LogP) is -2.60. The monoisotopic (exact) mass is 242 g/mol. The van der Waals surface area contributed by atoms with Crippen LogP contribution in [0.15, 0.2) is 17.1 Å². The van der Waals surface area contributed by atoms with Crippen molar-refractivity contribution in [2.45, 2.75) is 24.5 Å². The third-order valence-electron chi connectivity index (χ3n) is 2.72. The van der Waals surface area contributed by atoms with Gasteiger partial charge in [0.2, 0.25) is 0 Å². The maximum atomic E-state index is 11.6. The second-order valence-electron chi connectivity index (χ2n) is 3.86. The molecular weight excluding hydrogens is 228 g/mol. The van der Waals surface area contributed by atoms with Gasteiger partial charge in [-0.3, -0.25) is 4.57 Å². The predicted molar refractivity (Wildman–Crippen MR) is 57.9 cm³/mol. The van der Waals surface area contributed by atoms with Crippen molar-refractivity contribution in [1.82, 2.24) is 9.55 Å². The van der Waals surface area contributed by atoms with Crippen molar-refractivity contribution in [2.24, 2.45) is 5.73 Å². The van der Waals surface area contributed by atoms with Crippen LogP contribution >= 0.6 is 0 Å². The quantitative estimate of drug-likeness (QED) is 0.446. The zero-order valence-corrected chi connectivity index (χ0v) is 8.93. The van der Waals surface area contributed by atoms with E-state index in [4.69, 9.17) is 21.3 Å². The van der Waals surface area contributed by atoms with Gasteiger partial charge < -0.3 is 26.4 Å². The van der Waals surface area contributed by atoms with Gasteiger partial charge in [0.15, 0.2) is 6.23 Å². The molecule has 94 valence electrons. The van der Waals surface area contributed by atoms with Crippen LogP contribution in [0.3, 0.4) is 0 Å². The summed E-state index contributed by atoms with van der Waals surface area (Å²) in [5.74, 6) is 0.0945. The molecule has 2 rings (SSSR count). The molecule has 1 fully saturated rings. The summed E-state index contributed by atoms with van der Waals surface area (Å²) in [5.41, 5.74) is 10.5. The molecule has 0 saturated carbocycles. The van der Waals surface area contributed by atoms with Crippen molar-refractivity contribution in [3.8, 4) is 0 Å². The Labute approximate surface area is 96.4 Å². The number of aliphatic hydroxyl groups is 2. The lowest BCUT2D eigenvalue weighted by Crippen LogP contribution is -2.42. The van der Waals surface area contributed by atoms with Crippen LogP contribution in [0.25, 0.3) is 0 Å². The van der Waals surface area contributed by atoms with Crippen LogP contribution in [0.4, 0.5) is 5.82 Å². The molecule has 17 heavy (non-hydrogen) atoms. The van der Waals surface area contributed by atoms with Crippen molar-refractivity contribution < 1.29 is 14.9 Å². The van der Waals surface area contributed by atoms with E-state index in [1.807, 2.05) is 0 Å². The fourth-order valence-electron chi connectivity index (χ4n) is 1.79. The van der Waals surface area contributed by atoms with Crippen molar-refractivity contribution in [3.05, 3.63) is 22.7 Å². The number of nitrogens with zero attached hydrogens (tertiary/aromatic N) is 2. The number of hydrogen-bond donors (Lipinski definition) is 4. The molecule has 4 atom stereocenters. The number of hydrogen-bond acceptors (Lipinski definition) is 7. The summed E-state index contributed by atoms with van der Waals surface area (Å²) in [5, 5.41) is 18.6. The Kier molecular flexibility index (Phi) is 3.11. The molecule has 2 heterocycles. The standard InChI is InChI=1S/C9H14N4O4/c10-5-1-2-13(9(16)12-5)8-6(11)7(15)4(3-14)17-8/h1-2,4,6-8,14-15H,3,11H2,(H2,10,12,16)/t4-,6?,7?,8-/m1/s1. The van der Waals surface area contributed by atoms with Crippen LogP contribution in [0, 0.1) is 0 Å². The number of aromatic nitrogens is 2. The second-order valence-corrected chi connectivity index (χ2v) is 3.86. The molecule has 0 aliphatic carbocycles. The molecular formula is C9H14N4O4. The van der Waals surface area contributed by atoms with Gasteiger partial charge in [-0.05, 0) is 6.07 Å². The number of nitrogens with two attached hydrogens (primary N) is 2. The van der Waals surface area contributed by atoms with Crippen LogP contribution < -0.4 is 17.2 Å². The molecule has 0 spiro atoms. The first-order valence-corrected chi connectivity index (χ1v) is 5.09. The van der Waals surface area contributed by atoms with Crippen LogP contribution in [-0.4, -0.2) is 44.6 Å². The highest BCUT2D eigenvalue weighted by atomic mass is 16.5. The van der Waals surface area contributed by atoms with Gasteiger partial charge in [0.1, 0.15) is 18.0 Å². The maximum absolute atomic E-state index is 11.6. The maximum Gasteiger partial charge on any atom is 0.351 e. The second kappa shape index (κ2) is 4.41. The number of rotatable bonds is 2.